The second-order valence-corrected chi connectivity index (χ2v) is 5.46. The molecule has 16 heavy (non-hydrogen) atoms. The number of nitrogens with one attached hydrogen (secondary N) is 1. The molecule has 0 radical (unpaired) electrons. The summed E-state index contributed by atoms with van der Waals surface area (Å²) in [5.74, 6) is 9.94. The molecular formula is C11H16N4S. The van der Waals surface area contributed by atoms with Crippen molar-refractivity contribution in [2.24, 2.45) is 5.84 Å². The summed E-state index contributed by atoms with van der Waals surface area (Å²) in [6, 6.07) is 0. The van der Waals surface area contributed by atoms with Crippen LogP contribution in [0.25, 0.3) is 0 Å². The molecule has 4 nitrogen and oxygen atoms in total. The maximum Gasteiger partial charge on any atom is 0.148 e. The third kappa shape index (κ3) is 1.68. The Morgan fingerprint density at radius 2 is 2.00 bits per heavy atom. The molecule has 3 rings (SSSR count). The summed E-state index contributed by atoms with van der Waals surface area (Å²) in [5.41, 5.74) is 5.12. The summed E-state index contributed by atoms with van der Waals surface area (Å²) < 4.78 is 0. The Hall–Kier alpha value is -0.810. The van der Waals surface area contributed by atoms with Crippen molar-refractivity contribution in [2.75, 3.05) is 5.43 Å². The number of thioether (sulfide) groups is 1. The van der Waals surface area contributed by atoms with Crippen molar-refractivity contribution in [3.63, 3.8) is 0 Å². The number of nitrogens with two attached hydrogens (primary N) is 1. The van der Waals surface area contributed by atoms with Crippen molar-refractivity contribution in [3.8, 4) is 0 Å². The molecule has 0 saturated heterocycles. The fourth-order valence-electron chi connectivity index (χ4n) is 2.56. The van der Waals surface area contributed by atoms with E-state index in [1.54, 1.807) is 0 Å². The first-order chi connectivity index (χ1) is 7.88. The SMILES string of the molecule is NNc1nc(C2CCCC2)nc2c1CSC2. The van der Waals surface area contributed by atoms with Crippen molar-refractivity contribution < 1.29 is 0 Å². The summed E-state index contributed by atoms with van der Waals surface area (Å²) in [6.45, 7) is 0. The van der Waals surface area contributed by atoms with Crippen molar-refractivity contribution in [1.82, 2.24) is 9.97 Å². The summed E-state index contributed by atoms with van der Waals surface area (Å²) in [4.78, 5) is 9.30. The zero-order chi connectivity index (χ0) is 11.0. The first kappa shape index (κ1) is 10.4. The van der Waals surface area contributed by atoms with Crippen molar-refractivity contribution in [1.29, 1.82) is 0 Å². The van der Waals surface area contributed by atoms with Crippen LogP contribution in [-0.4, -0.2) is 9.97 Å². The molecule has 86 valence electrons. The number of hydrazine groups is 1. The highest BCUT2D eigenvalue weighted by molar-refractivity contribution is 7.98. The molecule has 1 fully saturated rings. The highest BCUT2D eigenvalue weighted by Crippen LogP contribution is 2.37. The first-order valence-corrected chi connectivity index (χ1v) is 6.98. The second kappa shape index (κ2) is 4.22. The van der Waals surface area contributed by atoms with Gasteiger partial charge in [0.05, 0.1) is 5.69 Å². The van der Waals surface area contributed by atoms with Gasteiger partial charge in [-0.15, -0.1) is 0 Å². The minimum atomic E-state index is 0.558. The van der Waals surface area contributed by atoms with Crippen LogP contribution < -0.4 is 11.3 Å². The lowest BCUT2D eigenvalue weighted by atomic mass is 10.1. The summed E-state index contributed by atoms with van der Waals surface area (Å²) in [5, 5.41) is 0. The molecule has 0 aromatic carbocycles. The van der Waals surface area contributed by atoms with Gasteiger partial charge in [0.25, 0.3) is 0 Å². The smallest absolute Gasteiger partial charge is 0.148 e. The highest BCUT2D eigenvalue weighted by atomic mass is 32.2. The zero-order valence-corrected chi connectivity index (χ0v) is 10.0. The minimum Gasteiger partial charge on any atom is -0.308 e. The van der Waals surface area contributed by atoms with E-state index in [0.717, 1.165) is 23.1 Å². The molecule has 1 saturated carbocycles. The molecule has 0 bridgehead atoms. The quantitative estimate of drug-likeness (QED) is 0.608. The number of hydrogen-bond acceptors (Lipinski definition) is 5. The van der Waals surface area contributed by atoms with Crippen molar-refractivity contribution >= 4 is 17.6 Å². The van der Waals surface area contributed by atoms with Crippen LogP contribution in [0.1, 0.15) is 48.7 Å². The molecule has 1 aliphatic carbocycles. The first-order valence-electron chi connectivity index (χ1n) is 5.82. The van der Waals surface area contributed by atoms with Gasteiger partial charge in [0.2, 0.25) is 0 Å². The van der Waals surface area contributed by atoms with E-state index >= 15 is 0 Å². The van der Waals surface area contributed by atoms with Gasteiger partial charge < -0.3 is 5.43 Å². The normalized spacial score (nSPS) is 20.1. The minimum absolute atomic E-state index is 0.558. The monoisotopic (exact) mass is 236 g/mol. The molecule has 0 amide bonds. The Kier molecular flexibility index (Phi) is 2.73. The molecular weight excluding hydrogens is 220 g/mol. The molecule has 0 atom stereocenters. The molecule has 5 heteroatoms. The summed E-state index contributed by atoms with van der Waals surface area (Å²) in [7, 11) is 0. The maximum atomic E-state index is 5.54. The Bertz CT molecular complexity index is 401. The third-order valence-corrected chi connectivity index (χ3v) is 4.42. The number of rotatable bonds is 2. The van der Waals surface area contributed by atoms with Gasteiger partial charge in [-0.25, -0.2) is 15.8 Å². The summed E-state index contributed by atoms with van der Waals surface area (Å²) in [6.07, 6.45) is 5.09. The number of nitrogens with zero attached hydrogens (tertiary/aromatic N) is 2. The average molecular weight is 236 g/mol. The largest absolute Gasteiger partial charge is 0.308 e. The fraction of sp³-hybridized carbons (Fsp3) is 0.636. The lowest BCUT2D eigenvalue weighted by molar-refractivity contribution is 0.663. The Labute approximate surface area is 99.4 Å². The number of anilines is 1. The van der Waals surface area contributed by atoms with Crippen LogP contribution in [0.15, 0.2) is 0 Å². The molecule has 1 aromatic rings. The molecule has 3 N–H and O–H groups in total. The highest BCUT2D eigenvalue weighted by Gasteiger charge is 2.24. The Morgan fingerprint density at radius 1 is 1.19 bits per heavy atom. The maximum absolute atomic E-state index is 5.54. The van der Waals surface area contributed by atoms with Gasteiger partial charge in [0, 0.05) is 23.0 Å². The van der Waals surface area contributed by atoms with E-state index < -0.39 is 0 Å². The lowest BCUT2D eigenvalue weighted by Gasteiger charge is -2.12. The molecule has 0 spiro atoms. The van der Waals surface area contributed by atoms with E-state index in [1.807, 2.05) is 11.8 Å². The predicted octanol–water partition coefficient (Wildman–Crippen LogP) is 2.17. The van der Waals surface area contributed by atoms with E-state index in [4.69, 9.17) is 10.8 Å². The van der Waals surface area contributed by atoms with Crippen LogP contribution in [-0.2, 0) is 11.5 Å². The summed E-state index contributed by atoms with van der Waals surface area (Å²) >= 11 is 1.89. The van der Waals surface area contributed by atoms with Gasteiger partial charge in [-0.1, -0.05) is 12.8 Å². The van der Waals surface area contributed by atoms with Crippen LogP contribution in [0.3, 0.4) is 0 Å². The van der Waals surface area contributed by atoms with E-state index in [1.165, 1.54) is 36.9 Å². The van der Waals surface area contributed by atoms with Crippen molar-refractivity contribution in [2.45, 2.75) is 43.1 Å². The Morgan fingerprint density at radius 3 is 2.75 bits per heavy atom. The number of nitrogen functional groups attached to an aromatic ring is 1. The zero-order valence-electron chi connectivity index (χ0n) is 9.20. The van der Waals surface area contributed by atoms with Gasteiger partial charge in [0.15, 0.2) is 0 Å². The van der Waals surface area contributed by atoms with Crippen molar-refractivity contribution in [3.05, 3.63) is 17.1 Å². The van der Waals surface area contributed by atoms with Gasteiger partial charge in [-0.2, -0.15) is 11.8 Å². The lowest BCUT2D eigenvalue weighted by Crippen LogP contribution is -2.14. The molecule has 1 aromatic heterocycles. The molecule has 2 aliphatic rings. The standard InChI is InChI=1S/C11H16N4S/c12-15-11-8-5-16-6-9(8)13-10(14-11)7-3-1-2-4-7/h7H,1-6,12H2,(H,13,14,15). The van der Waals surface area contributed by atoms with E-state index in [9.17, 15) is 0 Å². The van der Waals surface area contributed by atoms with Crippen LogP contribution in [0, 0.1) is 0 Å². The number of fused-ring (bicyclic) bond motifs is 1. The van der Waals surface area contributed by atoms with E-state index in [-0.39, 0.29) is 0 Å². The molecule has 0 unspecified atom stereocenters. The van der Waals surface area contributed by atoms with Gasteiger partial charge >= 0.3 is 0 Å². The number of hydrogen-bond donors (Lipinski definition) is 2. The fourth-order valence-corrected chi connectivity index (χ4v) is 3.60. The van der Waals surface area contributed by atoms with Crippen LogP contribution in [0.2, 0.25) is 0 Å². The topological polar surface area (TPSA) is 63.8 Å². The Balaban J connectivity index is 2.00. The predicted molar refractivity (Wildman–Crippen MR) is 66.1 cm³/mol. The van der Waals surface area contributed by atoms with Gasteiger partial charge in [-0.3, -0.25) is 0 Å². The number of aromatic nitrogens is 2. The van der Waals surface area contributed by atoms with E-state index in [0.29, 0.717) is 5.92 Å². The average Bonchev–Trinajstić information content (AvgIpc) is 2.97. The third-order valence-electron chi connectivity index (χ3n) is 3.45. The van der Waals surface area contributed by atoms with Gasteiger partial charge in [-0.05, 0) is 12.8 Å². The van der Waals surface area contributed by atoms with Crippen LogP contribution >= 0.6 is 11.8 Å². The van der Waals surface area contributed by atoms with Crippen LogP contribution in [0.5, 0.6) is 0 Å². The molecule has 1 aliphatic heterocycles. The van der Waals surface area contributed by atoms with E-state index in [2.05, 4.69) is 10.4 Å². The second-order valence-electron chi connectivity index (χ2n) is 4.47. The van der Waals surface area contributed by atoms with Gasteiger partial charge in [0.1, 0.15) is 11.6 Å². The van der Waals surface area contributed by atoms with Crippen LogP contribution in [0.4, 0.5) is 5.82 Å². The molecule has 2 heterocycles.